The van der Waals surface area contributed by atoms with Gasteiger partial charge in [-0.1, -0.05) is 6.08 Å². The van der Waals surface area contributed by atoms with Crippen LogP contribution in [-0.4, -0.2) is 63.0 Å². The average molecular weight is 483 g/mol. The number of amides is 1. The first-order valence-electron chi connectivity index (χ1n) is 11.0. The lowest BCUT2D eigenvalue weighted by Crippen LogP contribution is -2.51. The standard InChI is InChI=1S/C23H26N6O4S/c1-5-13-10-23(13,22(31)32-4)27-20(30)16-9-14(11-24-16)33-21-18-15(6-7-34-18)25-19(26-21)17-8-12(2)28-29(17)3/h5-8,13-14,16,24H,1,9-11H2,2-4H3,(H,27,30)/t13-,14-,16+,23-/m1/s1. The van der Waals surface area contributed by atoms with Gasteiger partial charge in [0.25, 0.3) is 0 Å². The van der Waals surface area contributed by atoms with E-state index < -0.39 is 17.6 Å². The Morgan fingerprint density at radius 3 is 2.91 bits per heavy atom. The summed E-state index contributed by atoms with van der Waals surface area (Å²) in [5, 5.41) is 12.4. The van der Waals surface area contributed by atoms with Gasteiger partial charge in [0.1, 0.15) is 22.0 Å². The molecule has 2 fully saturated rings. The van der Waals surface area contributed by atoms with E-state index in [-0.39, 0.29) is 17.9 Å². The van der Waals surface area contributed by atoms with Gasteiger partial charge in [-0.2, -0.15) is 10.1 Å². The number of fused-ring (bicyclic) bond motifs is 1. The summed E-state index contributed by atoms with van der Waals surface area (Å²) in [6.07, 6.45) is 2.35. The van der Waals surface area contributed by atoms with E-state index in [4.69, 9.17) is 14.5 Å². The molecule has 1 saturated heterocycles. The van der Waals surface area contributed by atoms with Crippen molar-refractivity contribution in [1.29, 1.82) is 0 Å². The Hall–Kier alpha value is -3.31. The van der Waals surface area contributed by atoms with Crippen molar-refractivity contribution in [3.05, 3.63) is 35.9 Å². The van der Waals surface area contributed by atoms with Crippen LogP contribution in [0, 0.1) is 12.8 Å². The van der Waals surface area contributed by atoms with Crippen LogP contribution in [0.5, 0.6) is 5.88 Å². The van der Waals surface area contributed by atoms with Gasteiger partial charge in [0.15, 0.2) is 5.82 Å². The van der Waals surface area contributed by atoms with E-state index in [2.05, 4.69) is 27.3 Å². The summed E-state index contributed by atoms with van der Waals surface area (Å²) in [4.78, 5) is 34.5. The Morgan fingerprint density at radius 2 is 2.24 bits per heavy atom. The number of ether oxygens (including phenoxy) is 2. The lowest BCUT2D eigenvalue weighted by Gasteiger charge is -2.19. The highest BCUT2D eigenvalue weighted by molar-refractivity contribution is 7.17. The average Bonchev–Trinajstić information content (AvgIpc) is 3.18. The van der Waals surface area contributed by atoms with Crippen molar-refractivity contribution < 1.29 is 19.1 Å². The molecule has 3 aromatic heterocycles. The molecule has 3 aromatic rings. The first kappa shape index (κ1) is 22.5. The number of nitrogens with zero attached hydrogens (tertiary/aromatic N) is 4. The van der Waals surface area contributed by atoms with Crippen LogP contribution in [0.1, 0.15) is 18.5 Å². The second kappa shape index (κ2) is 8.48. The third-order valence-corrected chi connectivity index (χ3v) is 7.28. The maximum Gasteiger partial charge on any atom is 0.332 e. The quantitative estimate of drug-likeness (QED) is 0.386. The molecular formula is C23H26N6O4S. The Balaban J connectivity index is 1.31. The summed E-state index contributed by atoms with van der Waals surface area (Å²) in [6, 6.07) is 3.38. The number of carbonyl (C=O) groups excluding carboxylic acids is 2. The van der Waals surface area contributed by atoms with Crippen LogP contribution in [0.15, 0.2) is 30.2 Å². The van der Waals surface area contributed by atoms with E-state index in [1.165, 1.54) is 18.4 Å². The molecule has 1 amide bonds. The number of carbonyl (C=O) groups is 2. The molecule has 34 heavy (non-hydrogen) atoms. The third-order valence-electron chi connectivity index (χ3n) is 6.38. The molecule has 0 spiro atoms. The number of hydrogen-bond donors (Lipinski definition) is 2. The number of rotatable bonds is 7. The summed E-state index contributed by atoms with van der Waals surface area (Å²) in [5.41, 5.74) is 1.46. The van der Waals surface area contributed by atoms with Gasteiger partial charge in [-0.15, -0.1) is 17.9 Å². The van der Waals surface area contributed by atoms with Crippen molar-refractivity contribution in [1.82, 2.24) is 30.4 Å². The van der Waals surface area contributed by atoms with E-state index >= 15 is 0 Å². The van der Waals surface area contributed by atoms with E-state index in [9.17, 15) is 9.59 Å². The van der Waals surface area contributed by atoms with Crippen LogP contribution in [0.3, 0.4) is 0 Å². The second-order valence-electron chi connectivity index (χ2n) is 8.72. The SMILES string of the molecule is C=C[C@@H]1C[C@]1(NC(=O)[C@@H]1C[C@@H](Oc2nc(-c3cc(C)nn3C)nc3ccsc23)CN1)C(=O)OC. The highest BCUT2D eigenvalue weighted by atomic mass is 32.1. The van der Waals surface area contributed by atoms with Crippen molar-refractivity contribution in [2.24, 2.45) is 13.0 Å². The van der Waals surface area contributed by atoms with Gasteiger partial charge in [0.2, 0.25) is 11.8 Å². The molecule has 1 aliphatic carbocycles. The van der Waals surface area contributed by atoms with Gasteiger partial charge in [-0.3, -0.25) is 9.48 Å². The Labute approximate surface area is 200 Å². The first-order chi connectivity index (χ1) is 16.3. The molecule has 2 aliphatic rings. The van der Waals surface area contributed by atoms with Gasteiger partial charge in [0.05, 0.1) is 24.4 Å². The number of esters is 1. The Kier molecular flexibility index (Phi) is 5.61. The zero-order chi connectivity index (χ0) is 24.0. The number of aryl methyl sites for hydroxylation is 2. The van der Waals surface area contributed by atoms with Gasteiger partial charge < -0.3 is 20.1 Å². The molecule has 1 aliphatic heterocycles. The molecule has 5 rings (SSSR count). The van der Waals surface area contributed by atoms with Crippen LogP contribution >= 0.6 is 11.3 Å². The third kappa shape index (κ3) is 3.84. The molecule has 11 heteroatoms. The zero-order valence-corrected chi connectivity index (χ0v) is 20.0. The van der Waals surface area contributed by atoms with Crippen LogP contribution < -0.4 is 15.4 Å². The molecular weight excluding hydrogens is 456 g/mol. The highest BCUT2D eigenvalue weighted by Crippen LogP contribution is 2.45. The molecule has 178 valence electrons. The first-order valence-corrected chi connectivity index (χ1v) is 11.9. The van der Waals surface area contributed by atoms with Crippen molar-refractivity contribution >= 4 is 33.4 Å². The van der Waals surface area contributed by atoms with Crippen LogP contribution in [-0.2, 0) is 21.4 Å². The minimum atomic E-state index is -1.01. The maximum absolute atomic E-state index is 12.9. The van der Waals surface area contributed by atoms with Gasteiger partial charge in [0, 0.05) is 25.9 Å². The van der Waals surface area contributed by atoms with E-state index in [1.807, 2.05) is 31.5 Å². The molecule has 0 radical (unpaired) electrons. The van der Waals surface area contributed by atoms with Gasteiger partial charge >= 0.3 is 5.97 Å². The maximum atomic E-state index is 12.9. The van der Waals surface area contributed by atoms with Crippen molar-refractivity contribution in [3.8, 4) is 17.4 Å². The fourth-order valence-electron chi connectivity index (χ4n) is 4.49. The summed E-state index contributed by atoms with van der Waals surface area (Å²) in [5.74, 6) is 0.195. The highest BCUT2D eigenvalue weighted by Gasteiger charge is 2.61. The minimum absolute atomic E-state index is 0.125. The molecule has 10 nitrogen and oxygen atoms in total. The Bertz CT molecular complexity index is 1290. The number of thiophene rings is 1. The topological polar surface area (TPSA) is 120 Å². The van der Waals surface area contributed by atoms with Crippen molar-refractivity contribution in [3.63, 3.8) is 0 Å². The van der Waals surface area contributed by atoms with Gasteiger partial charge in [-0.25, -0.2) is 9.78 Å². The summed E-state index contributed by atoms with van der Waals surface area (Å²) >= 11 is 1.51. The van der Waals surface area contributed by atoms with Crippen LogP contribution in [0.25, 0.3) is 21.7 Å². The van der Waals surface area contributed by atoms with Crippen molar-refractivity contribution in [2.45, 2.75) is 37.5 Å². The summed E-state index contributed by atoms with van der Waals surface area (Å²) in [7, 11) is 3.17. The fraction of sp³-hybridized carbons (Fsp3) is 0.435. The van der Waals surface area contributed by atoms with Crippen LogP contribution in [0.4, 0.5) is 0 Å². The number of methoxy groups -OCH3 is 1. The lowest BCUT2D eigenvalue weighted by molar-refractivity contribution is -0.147. The Morgan fingerprint density at radius 1 is 1.41 bits per heavy atom. The number of hydrogen-bond acceptors (Lipinski definition) is 9. The molecule has 0 bridgehead atoms. The fourth-order valence-corrected chi connectivity index (χ4v) is 5.25. The molecule has 0 unspecified atom stereocenters. The molecule has 1 saturated carbocycles. The monoisotopic (exact) mass is 482 g/mol. The van der Waals surface area contributed by atoms with Crippen LogP contribution in [0.2, 0.25) is 0 Å². The molecule has 2 N–H and O–H groups in total. The summed E-state index contributed by atoms with van der Waals surface area (Å²) < 4.78 is 13.8. The normalized spacial score (nSPS) is 25.8. The minimum Gasteiger partial charge on any atom is -0.472 e. The van der Waals surface area contributed by atoms with Gasteiger partial charge in [-0.05, 0) is 30.9 Å². The van der Waals surface area contributed by atoms with E-state index in [0.29, 0.717) is 31.1 Å². The van der Waals surface area contributed by atoms with E-state index in [1.54, 1.807) is 10.8 Å². The predicted molar refractivity (Wildman–Crippen MR) is 126 cm³/mol. The molecule has 4 heterocycles. The van der Waals surface area contributed by atoms with E-state index in [0.717, 1.165) is 21.6 Å². The zero-order valence-electron chi connectivity index (χ0n) is 19.2. The largest absolute Gasteiger partial charge is 0.472 e. The second-order valence-corrected chi connectivity index (χ2v) is 9.63. The summed E-state index contributed by atoms with van der Waals surface area (Å²) in [6.45, 7) is 6.14. The lowest BCUT2D eigenvalue weighted by atomic mass is 10.1. The van der Waals surface area contributed by atoms with Crippen molar-refractivity contribution in [2.75, 3.05) is 13.7 Å². The molecule has 0 aromatic carbocycles. The number of nitrogens with one attached hydrogen (secondary N) is 2. The smallest absolute Gasteiger partial charge is 0.332 e. The number of aromatic nitrogens is 4. The predicted octanol–water partition coefficient (Wildman–Crippen LogP) is 1.74. The molecule has 4 atom stereocenters.